The van der Waals surface area contributed by atoms with Crippen molar-refractivity contribution < 1.29 is 34.4 Å². The smallest absolute Gasteiger partial charge is 0.255 e. The Hall–Kier alpha value is -3.95. The molecule has 9 nitrogen and oxygen atoms in total. The summed E-state index contributed by atoms with van der Waals surface area (Å²) < 4.78 is 6.05. The monoisotopic (exact) mass is 504 g/mol. The minimum Gasteiger partial charge on any atom is -0.507 e. The number of rotatable bonds is 5. The minimum atomic E-state index is -2.64. The molecule has 0 aliphatic heterocycles. The number of ketones is 2. The number of primary amides is 1. The van der Waals surface area contributed by atoms with Crippen molar-refractivity contribution >= 4 is 23.2 Å². The topological polar surface area (TPSA) is 150 Å². The van der Waals surface area contributed by atoms with E-state index in [2.05, 4.69) is 0 Å². The van der Waals surface area contributed by atoms with E-state index in [1.807, 2.05) is 30.3 Å². The molecule has 0 saturated heterocycles. The quantitative estimate of drug-likeness (QED) is 0.354. The molecule has 9 heteroatoms. The number of amides is 1. The molecule has 2 aromatic rings. The number of fused-ring (bicyclic) bond motifs is 3. The minimum absolute atomic E-state index is 0.0133. The maximum absolute atomic E-state index is 13.9. The van der Waals surface area contributed by atoms with Gasteiger partial charge in [0.2, 0.25) is 11.6 Å². The van der Waals surface area contributed by atoms with E-state index in [1.54, 1.807) is 31.1 Å². The summed E-state index contributed by atoms with van der Waals surface area (Å²) in [6.45, 7) is 0.0473. The molecule has 1 saturated carbocycles. The molecule has 0 aromatic heterocycles. The molecule has 5 rings (SSSR count). The van der Waals surface area contributed by atoms with Crippen molar-refractivity contribution in [2.45, 2.75) is 31.1 Å². The number of aliphatic hydroxyl groups excluding tert-OH is 1. The van der Waals surface area contributed by atoms with Crippen molar-refractivity contribution in [2.75, 3.05) is 14.1 Å². The van der Waals surface area contributed by atoms with Gasteiger partial charge in [0, 0.05) is 11.5 Å². The number of nitrogens with two attached hydrogens (primary N) is 1. The fourth-order valence-electron chi connectivity index (χ4n) is 6.05. The van der Waals surface area contributed by atoms with Gasteiger partial charge in [0.15, 0.2) is 5.60 Å². The van der Waals surface area contributed by atoms with Crippen LogP contribution in [0.2, 0.25) is 0 Å². The Kier molecular flexibility index (Phi) is 5.92. The highest BCUT2D eigenvalue weighted by Gasteiger charge is 2.65. The standard InChI is InChI=1S/C28H28N2O7/c1-30(2)22-17-12-16-11-15-9-6-10-18(31)19(15)23(32)20(16)25(33)28(17,36)26(34)21(27(29)35)24(22)37-13-14-7-4-3-5-8-14/h3-10,16-17,22,31-32,36H,11-13H2,1-2H3,(H2,29,35)/t16-,17+,22-,28-/m0/s1. The van der Waals surface area contributed by atoms with E-state index in [9.17, 15) is 29.7 Å². The Morgan fingerprint density at radius 3 is 2.43 bits per heavy atom. The number of phenolic OH excluding ortho intramolecular Hbond substituents is 1. The van der Waals surface area contributed by atoms with Gasteiger partial charge in [-0.05, 0) is 50.0 Å². The molecule has 1 amide bonds. The van der Waals surface area contributed by atoms with E-state index in [-0.39, 0.29) is 35.7 Å². The summed E-state index contributed by atoms with van der Waals surface area (Å²) in [4.78, 5) is 41.9. The predicted octanol–water partition coefficient (Wildman–Crippen LogP) is 1.62. The molecule has 192 valence electrons. The van der Waals surface area contributed by atoms with Gasteiger partial charge in [0.1, 0.15) is 29.4 Å². The summed E-state index contributed by atoms with van der Waals surface area (Å²) in [6.07, 6.45) is 0.470. The van der Waals surface area contributed by atoms with Gasteiger partial charge >= 0.3 is 0 Å². The molecule has 3 aliphatic carbocycles. The van der Waals surface area contributed by atoms with Gasteiger partial charge in [-0.25, -0.2) is 0 Å². The summed E-state index contributed by atoms with van der Waals surface area (Å²) >= 11 is 0. The summed E-state index contributed by atoms with van der Waals surface area (Å²) in [5.41, 5.74) is 3.83. The maximum Gasteiger partial charge on any atom is 0.255 e. The van der Waals surface area contributed by atoms with Crippen LogP contribution in [0.1, 0.15) is 23.1 Å². The lowest BCUT2D eigenvalue weighted by Gasteiger charge is -2.50. The van der Waals surface area contributed by atoms with E-state index < -0.39 is 52.3 Å². The Morgan fingerprint density at radius 1 is 1.08 bits per heavy atom. The molecule has 1 fully saturated rings. The van der Waals surface area contributed by atoms with Crippen molar-refractivity contribution in [3.05, 3.63) is 82.1 Å². The number of aromatic hydroxyl groups is 1. The Bertz CT molecular complexity index is 1380. The Morgan fingerprint density at radius 2 is 1.78 bits per heavy atom. The van der Waals surface area contributed by atoms with E-state index >= 15 is 0 Å². The third-order valence-corrected chi connectivity index (χ3v) is 7.67. The maximum atomic E-state index is 13.9. The second kappa shape index (κ2) is 8.86. The van der Waals surface area contributed by atoms with E-state index in [0.29, 0.717) is 12.0 Å². The normalized spacial score (nSPS) is 27.1. The fourth-order valence-corrected chi connectivity index (χ4v) is 6.05. The molecule has 0 unspecified atom stereocenters. The first-order valence-corrected chi connectivity index (χ1v) is 12.0. The molecule has 2 aromatic carbocycles. The SMILES string of the molecule is CN(C)[C@@H]1C(OCc2ccccc2)=C(C(N)=O)C(=O)[C@@]2(O)C(=O)C3=C(O)c4c(O)cccc4C[C@H]3C[C@H]12. The first kappa shape index (κ1) is 24.7. The summed E-state index contributed by atoms with van der Waals surface area (Å²) in [7, 11) is 3.40. The molecular formula is C28H28N2O7. The Labute approximate surface area is 213 Å². The number of aliphatic hydroxyl groups is 2. The molecule has 0 radical (unpaired) electrons. The van der Waals surface area contributed by atoms with Gasteiger partial charge in [0.05, 0.1) is 11.6 Å². The van der Waals surface area contributed by atoms with Crippen molar-refractivity contribution in [1.82, 2.24) is 4.90 Å². The van der Waals surface area contributed by atoms with E-state index in [4.69, 9.17) is 10.5 Å². The first-order chi connectivity index (χ1) is 17.6. The van der Waals surface area contributed by atoms with Crippen LogP contribution in [0.3, 0.4) is 0 Å². The molecule has 0 spiro atoms. The lowest BCUT2D eigenvalue weighted by Crippen LogP contribution is -2.67. The van der Waals surface area contributed by atoms with Crippen LogP contribution in [0.15, 0.2) is 65.4 Å². The lowest BCUT2D eigenvalue weighted by molar-refractivity contribution is -0.162. The zero-order chi connectivity index (χ0) is 26.6. The summed E-state index contributed by atoms with van der Waals surface area (Å²) in [5.74, 6) is -5.41. The fraction of sp³-hybridized carbons (Fsp3) is 0.321. The molecular weight excluding hydrogens is 476 g/mol. The molecule has 3 aliphatic rings. The number of hydrogen-bond donors (Lipinski definition) is 4. The highest BCUT2D eigenvalue weighted by Crippen LogP contribution is 2.52. The summed E-state index contributed by atoms with van der Waals surface area (Å²) in [5, 5.41) is 33.2. The molecule has 37 heavy (non-hydrogen) atoms. The van der Waals surface area contributed by atoms with E-state index in [0.717, 1.165) is 5.56 Å². The number of likely N-dealkylation sites (N-methyl/N-ethyl adjacent to an activating group) is 1. The largest absolute Gasteiger partial charge is 0.507 e. The average Bonchev–Trinajstić information content (AvgIpc) is 2.85. The zero-order valence-electron chi connectivity index (χ0n) is 20.5. The second-order valence-corrected chi connectivity index (χ2v) is 10.0. The average molecular weight is 505 g/mol. The van der Waals surface area contributed by atoms with E-state index in [1.165, 1.54) is 6.07 Å². The number of carbonyl (C=O) groups is 3. The van der Waals surface area contributed by atoms with Gasteiger partial charge in [0.25, 0.3) is 5.91 Å². The van der Waals surface area contributed by atoms with Gasteiger partial charge in [-0.2, -0.15) is 0 Å². The van der Waals surface area contributed by atoms with Crippen LogP contribution < -0.4 is 5.73 Å². The molecule has 0 heterocycles. The van der Waals surface area contributed by atoms with Crippen molar-refractivity contribution in [2.24, 2.45) is 17.6 Å². The molecule has 4 atom stereocenters. The van der Waals surface area contributed by atoms with Crippen LogP contribution in [0.5, 0.6) is 5.75 Å². The third-order valence-electron chi connectivity index (χ3n) is 7.67. The van der Waals surface area contributed by atoms with Crippen LogP contribution in [-0.2, 0) is 32.1 Å². The number of carbonyl (C=O) groups excluding carboxylic acids is 3. The first-order valence-electron chi connectivity index (χ1n) is 12.0. The van der Waals surface area contributed by atoms with Crippen LogP contribution in [0.25, 0.3) is 5.76 Å². The number of benzene rings is 2. The molecule has 0 bridgehead atoms. The van der Waals surface area contributed by atoms with Gasteiger partial charge < -0.3 is 25.8 Å². The second-order valence-electron chi connectivity index (χ2n) is 10.0. The number of ether oxygens (including phenoxy) is 1. The third kappa shape index (κ3) is 3.65. The highest BCUT2D eigenvalue weighted by molar-refractivity contribution is 6.33. The van der Waals surface area contributed by atoms with Crippen LogP contribution in [0, 0.1) is 11.8 Å². The van der Waals surface area contributed by atoms with Gasteiger partial charge in [-0.15, -0.1) is 0 Å². The number of Topliss-reactive ketones (excluding diaryl/α,β-unsaturated/α-hetero) is 2. The zero-order valence-corrected chi connectivity index (χ0v) is 20.5. The van der Waals surface area contributed by atoms with Crippen LogP contribution in [0.4, 0.5) is 0 Å². The predicted molar refractivity (Wildman–Crippen MR) is 133 cm³/mol. The number of nitrogens with zero attached hydrogens (tertiary/aromatic N) is 1. The Balaban J connectivity index is 1.65. The molecule has 5 N–H and O–H groups in total. The lowest BCUT2D eigenvalue weighted by atomic mass is 9.57. The van der Waals surface area contributed by atoms with Crippen molar-refractivity contribution in [1.29, 1.82) is 0 Å². The highest BCUT2D eigenvalue weighted by atomic mass is 16.5. The van der Waals surface area contributed by atoms with Gasteiger partial charge in [-0.1, -0.05) is 42.5 Å². The van der Waals surface area contributed by atoms with Gasteiger partial charge in [-0.3, -0.25) is 19.3 Å². The van der Waals surface area contributed by atoms with Crippen LogP contribution >= 0.6 is 0 Å². The van der Waals surface area contributed by atoms with Crippen molar-refractivity contribution in [3.8, 4) is 5.75 Å². The number of hydrogen-bond acceptors (Lipinski definition) is 8. The summed E-state index contributed by atoms with van der Waals surface area (Å²) in [6, 6.07) is 13.1. The van der Waals surface area contributed by atoms with Crippen molar-refractivity contribution in [3.63, 3.8) is 0 Å². The number of phenols is 1. The van der Waals surface area contributed by atoms with Crippen LogP contribution in [-0.4, -0.2) is 63.4 Å².